The second-order valence-corrected chi connectivity index (χ2v) is 7.53. The van der Waals surface area contributed by atoms with Gasteiger partial charge in [0, 0.05) is 51.1 Å². The van der Waals surface area contributed by atoms with Gasteiger partial charge in [0.15, 0.2) is 5.96 Å². The van der Waals surface area contributed by atoms with Crippen LogP contribution in [-0.2, 0) is 13.0 Å². The summed E-state index contributed by atoms with van der Waals surface area (Å²) in [5, 5.41) is 7.73. The molecule has 0 fully saturated rings. The molecule has 1 aromatic heterocycles. The van der Waals surface area contributed by atoms with Gasteiger partial charge in [-0.3, -0.25) is 9.79 Å². The number of benzene rings is 1. The summed E-state index contributed by atoms with van der Waals surface area (Å²) in [6, 6.07) is 7.62. The number of amides is 1. The van der Waals surface area contributed by atoms with Crippen LogP contribution in [0.25, 0.3) is 0 Å². The van der Waals surface area contributed by atoms with Crippen molar-refractivity contribution in [3.05, 3.63) is 51.0 Å². The molecule has 2 N–H and O–H groups in total. The van der Waals surface area contributed by atoms with Gasteiger partial charge in [0.2, 0.25) is 0 Å². The van der Waals surface area contributed by atoms with Gasteiger partial charge in [-0.2, -0.15) is 0 Å². The van der Waals surface area contributed by atoms with Crippen LogP contribution in [0.3, 0.4) is 0 Å². The Labute approximate surface area is 182 Å². The molecule has 6 nitrogen and oxygen atoms in total. The predicted octanol–water partition coefficient (Wildman–Crippen LogP) is 2.99. The van der Waals surface area contributed by atoms with Gasteiger partial charge in [0.1, 0.15) is 0 Å². The molecule has 0 spiro atoms. The first-order valence-corrected chi connectivity index (χ1v) is 9.40. The third kappa shape index (κ3) is 7.10. The molecule has 0 radical (unpaired) electrons. The molecular formula is C19H28IN5OS. The van der Waals surface area contributed by atoms with Crippen molar-refractivity contribution in [3.8, 4) is 0 Å². The Bertz CT molecular complexity index is 771. The first-order valence-electron chi connectivity index (χ1n) is 8.58. The van der Waals surface area contributed by atoms with E-state index in [9.17, 15) is 4.79 Å². The van der Waals surface area contributed by atoms with Crippen LogP contribution in [-0.4, -0.2) is 49.4 Å². The second-order valence-electron chi connectivity index (χ2n) is 6.24. The number of thiazole rings is 1. The van der Waals surface area contributed by atoms with E-state index in [-0.39, 0.29) is 29.9 Å². The molecule has 1 aromatic carbocycles. The van der Waals surface area contributed by atoms with Gasteiger partial charge < -0.3 is 15.5 Å². The Morgan fingerprint density at radius 1 is 1.19 bits per heavy atom. The third-order valence-electron chi connectivity index (χ3n) is 3.93. The third-order valence-corrected chi connectivity index (χ3v) is 5.07. The summed E-state index contributed by atoms with van der Waals surface area (Å²) in [7, 11) is 5.27. The maximum absolute atomic E-state index is 11.9. The normalized spacial score (nSPS) is 10.9. The van der Waals surface area contributed by atoms with E-state index < -0.39 is 0 Å². The fourth-order valence-corrected chi connectivity index (χ4v) is 3.47. The number of nitrogens with zero attached hydrogens (tertiary/aromatic N) is 3. The number of guanidine groups is 1. The zero-order chi connectivity index (χ0) is 19.1. The molecule has 0 saturated heterocycles. The molecular weight excluding hydrogens is 473 g/mol. The fourth-order valence-electron chi connectivity index (χ4n) is 2.53. The highest BCUT2D eigenvalue weighted by Gasteiger charge is 2.08. The molecule has 148 valence electrons. The number of nitrogens with one attached hydrogen (secondary N) is 2. The summed E-state index contributed by atoms with van der Waals surface area (Å²) in [6.07, 6.45) is 0.930. The molecule has 0 unspecified atom stereocenters. The van der Waals surface area contributed by atoms with E-state index in [2.05, 4.69) is 27.5 Å². The van der Waals surface area contributed by atoms with Crippen LogP contribution in [0, 0.1) is 13.8 Å². The fraction of sp³-hybridized carbons (Fsp3) is 0.421. The molecule has 1 amide bonds. The van der Waals surface area contributed by atoms with Crippen molar-refractivity contribution >= 4 is 47.2 Å². The molecule has 1 heterocycles. The molecule has 8 heteroatoms. The lowest BCUT2D eigenvalue weighted by atomic mass is 10.1. The Morgan fingerprint density at radius 3 is 2.37 bits per heavy atom. The van der Waals surface area contributed by atoms with Crippen molar-refractivity contribution in [2.75, 3.05) is 27.7 Å². The van der Waals surface area contributed by atoms with E-state index in [0.717, 1.165) is 35.2 Å². The van der Waals surface area contributed by atoms with Gasteiger partial charge in [-0.05, 0) is 31.5 Å². The van der Waals surface area contributed by atoms with Gasteiger partial charge in [-0.1, -0.05) is 12.1 Å². The quantitative estimate of drug-likeness (QED) is 0.363. The van der Waals surface area contributed by atoms with Gasteiger partial charge >= 0.3 is 0 Å². The summed E-state index contributed by atoms with van der Waals surface area (Å²) < 4.78 is 0. The van der Waals surface area contributed by atoms with Gasteiger partial charge in [-0.15, -0.1) is 35.3 Å². The average Bonchev–Trinajstić information content (AvgIpc) is 2.95. The Kier molecular flexibility index (Phi) is 9.71. The van der Waals surface area contributed by atoms with Crippen LogP contribution >= 0.6 is 35.3 Å². The van der Waals surface area contributed by atoms with Crippen molar-refractivity contribution in [1.29, 1.82) is 0 Å². The molecule has 0 aliphatic carbocycles. The number of carbonyl (C=O) groups excluding carboxylic acids is 1. The van der Waals surface area contributed by atoms with E-state index >= 15 is 0 Å². The monoisotopic (exact) mass is 501 g/mol. The lowest BCUT2D eigenvalue weighted by molar-refractivity contribution is 0.0827. The van der Waals surface area contributed by atoms with Crippen LogP contribution in [0.5, 0.6) is 0 Å². The molecule has 0 saturated carbocycles. The first kappa shape index (κ1) is 23.4. The topological polar surface area (TPSA) is 69.6 Å². The number of carbonyl (C=O) groups is 1. The summed E-state index contributed by atoms with van der Waals surface area (Å²) >= 11 is 1.75. The van der Waals surface area contributed by atoms with E-state index in [1.165, 1.54) is 4.88 Å². The minimum atomic E-state index is 0. The Morgan fingerprint density at radius 2 is 1.85 bits per heavy atom. The van der Waals surface area contributed by atoms with E-state index in [4.69, 9.17) is 0 Å². The van der Waals surface area contributed by atoms with Crippen LogP contribution in [0.4, 0.5) is 0 Å². The average molecular weight is 501 g/mol. The van der Waals surface area contributed by atoms with Gasteiger partial charge in [0.05, 0.1) is 10.7 Å². The number of hydrogen-bond acceptors (Lipinski definition) is 4. The maximum atomic E-state index is 11.9. The minimum absolute atomic E-state index is 0. The second kappa shape index (κ2) is 11.2. The van der Waals surface area contributed by atoms with E-state index in [1.54, 1.807) is 37.4 Å². The summed E-state index contributed by atoms with van der Waals surface area (Å²) in [5.41, 5.74) is 2.90. The highest BCUT2D eigenvalue weighted by atomic mass is 127. The van der Waals surface area contributed by atoms with E-state index in [0.29, 0.717) is 12.1 Å². The summed E-state index contributed by atoms with van der Waals surface area (Å²) in [4.78, 5) is 23.5. The molecule has 2 aromatic rings. The number of hydrogen-bond donors (Lipinski definition) is 2. The molecule has 0 atom stereocenters. The molecule has 2 rings (SSSR count). The lowest BCUT2D eigenvalue weighted by Gasteiger charge is -2.13. The predicted molar refractivity (Wildman–Crippen MR) is 123 cm³/mol. The van der Waals surface area contributed by atoms with Gasteiger partial charge in [0.25, 0.3) is 5.91 Å². The van der Waals surface area contributed by atoms with Crippen LogP contribution in [0.1, 0.15) is 31.5 Å². The highest BCUT2D eigenvalue weighted by Crippen LogP contribution is 2.17. The Balaban J connectivity index is 0.00000364. The Hall–Kier alpha value is -1.68. The lowest BCUT2D eigenvalue weighted by Crippen LogP contribution is -2.37. The highest BCUT2D eigenvalue weighted by molar-refractivity contribution is 14.0. The number of halogens is 1. The first-order chi connectivity index (χ1) is 12.4. The SMILES string of the molecule is CN=C(NCCc1sc(C)nc1C)NCc1ccc(C(=O)N(C)C)cc1.I. The summed E-state index contributed by atoms with van der Waals surface area (Å²) in [5.74, 6) is 0.771. The molecule has 27 heavy (non-hydrogen) atoms. The van der Waals surface area contributed by atoms with Crippen LogP contribution < -0.4 is 10.6 Å². The van der Waals surface area contributed by atoms with Crippen molar-refractivity contribution < 1.29 is 4.79 Å². The van der Waals surface area contributed by atoms with E-state index in [1.807, 2.05) is 31.2 Å². The minimum Gasteiger partial charge on any atom is -0.356 e. The number of aryl methyl sites for hydroxylation is 2. The van der Waals surface area contributed by atoms with Crippen molar-refractivity contribution in [2.45, 2.75) is 26.8 Å². The number of aromatic nitrogens is 1. The molecule has 0 bridgehead atoms. The van der Waals surface area contributed by atoms with Crippen LogP contribution in [0.15, 0.2) is 29.3 Å². The summed E-state index contributed by atoms with van der Waals surface area (Å²) in [6.45, 7) is 5.54. The number of aliphatic imine (C=N–C) groups is 1. The number of rotatable bonds is 6. The zero-order valence-electron chi connectivity index (χ0n) is 16.5. The zero-order valence-corrected chi connectivity index (χ0v) is 19.6. The maximum Gasteiger partial charge on any atom is 0.253 e. The smallest absolute Gasteiger partial charge is 0.253 e. The van der Waals surface area contributed by atoms with Crippen molar-refractivity contribution in [3.63, 3.8) is 0 Å². The standard InChI is InChI=1S/C19H27N5OS.HI/c1-13-17(26-14(2)23-13)10-11-21-19(20-3)22-12-15-6-8-16(9-7-15)18(25)24(4)5;/h6-9H,10-12H2,1-5H3,(H2,20,21,22);1H. The van der Waals surface area contributed by atoms with Crippen molar-refractivity contribution in [1.82, 2.24) is 20.5 Å². The van der Waals surface area contributed by atoms with Gasteiger partial charge in [-0.25, -0.2) is 4.98 Å². The van der Waals surface area contributed by atoms with Crippen molar-refractivity contribution in [2.24, 2.45) is 4.99 Å². The molecule has 0 aliphatic rings. The largest absolute Gasteiger partial charge is 0.356 e. The van der Waals surface area contributed by atoms with Crippen LogP contribution in [0.2, 0.25) is 0 Å². The molecule has 0 aliphatic heterocycles.